The van der Waals surface area contributed by atoms with Crippen LogP contribution < -0.4 is 10.6 Å². The second-order valence-corrected chi connectivity index (χ2v) is 5.30. The van der Waals surface area contributed by atoms with Crippen molar-refractivity contribution in [2.24, 2.45) is 0 Å². The summed E-state index contributed by atoms with van der Waals surface area (Å²) in [5, 5.41) is 6.47. The second-order valence-electron chi connectivity index (χ2n) is 5.30. The largest absolute Gasteiger partial charge is 0.349 e. The van der Waals surface area contributed by atoms with Gasteiger partial charge in [0.05, 0.1) is 5.54 Å². The van der Waals surface area contributed by atoms with E-state index >= 15 is 0 Å². The van der Waals surface area contributed by atoms with Crippen molar-refractivity contribution in [3.8, 4) is 0 Å². The lowest BCUT2D eigenvalue weighted by atomic mass is 9.76. The highest BCUT2D eigenvalue weighted by atomic mass is 19.1. The number of carbonyl (C=O) groups is 1. The predicted molar refractivity (Wildman–Crippen MR) is 66.7 cm³/mol. The van der Waals surface area contributed by atoms with Crippen LogP contribution in [0.25, 0.3) is 0 Å². The van der Waals surface area contributed by atoms with E-state index in [9.17, 15) is 9.18 Å². The van der Waals surface area contributed by atoms with E-state index in [0.29, 0.717) is 6.42 Å². The minimum Gasteiger partial charge on any atom is -0.349 e. The lowest BCUT2D eigenvalue weighted by molar-refractivity contribution is -0.125. The van der Waals surface area contributed by atoms with Gasteiger partial charge in [0, 0.05) is 25.4 Å². The first-order chi connectivity index (χ1) is 8.70. The molecule has 0 radical (unpaired) electrons. The number of nitrogens with one attached hydrogen (secondary N) is 2. The summed E-state index contributed by atoms with van der Waals surface area (Å²) in [4.78, 5) is 11.7. The van der Waals surface area contributed by atoms with Crippen molar-refractivity contribution in [2.75, 3.05) is 13.1 Å². The van der Waals surface area contributed by atoms with Crippen molar-refractivity contribution < 1.29 is 9.18 Å². The Hall–Kier alpha value is -1.42. The van der Waals surface area contributed by atoms with Crippen LogP contribution >= 0.6 is 0 Å². The molecule has 4 heteroatoms. The summed E-state index contributed by atoms with van der Waals surface area (Å²) < 4.78 is 13.3. The summed E-state index contributed by atoms with van der Waals surface area (Å²) in [6, 6.07) is 6.72. The summed E-state index contributed by atoms with van der Waals surface area (Å²) >= 11 is 0. The van der Waals surface area contributed by atoms with Gasteiger partial charge in [-0.2, -0.15) is 0 Å². The molecule has 2 atom stereocenters. The Balaban J connectivity index is 1.93. The molecule has 1 spiro atoms. The van der Waals surface area contributed by atoms with Crippen LogP contribution in [0.2, 0.25) is 0 Å². The lowest BCUT2D eigenvalue weighted by Gasteiger charge is -2.39. The normalized spacial score (nSPS) is 31.6. The maximum absolute atomic E-state index is 13.3. The van der Waals surface area contributed by atoms with Crippen molar-refractivity contribution in [2.45, 2.75) is 30.7 Å². The van der Waals surface area contributed by atoms with Crippen LogP contribution in [0.4, 0.5) is 4.39 Å². The number of carbonyl (C=O) groups excluding carboxylic acids is 1. The van der Waals surface area contributed by atoms with Crippen molar-refractivity contribution in [3.05, 3.63) is 35.6 Å². The van der Waals surface area contributed by atoms with Gasteiger partial charge >= 0.3 is 0 Å². The molecule has 0 aliphatic carbocycles. The van der Waals surface area contributed by atoms with Crippen LogP contribution in [0.1, 0.15) is 30.7 Å². The number of piperidine rings is 1. The summed E-state index contributed by atoms with van der Waals surface area (Å²) in [7, 11) is 0. The van der Waals surface area contributed by atoms with Crippen LogP contribution in [-0.4, -0.2) is 24.5 Å². The van der Waals surface area contributed by atoms with Crippen LogP contribution in [0.3, 0.4) is 0 Å². The van der Waals surface area contributed by atoms with Crippen molar-refractivity contribution in [1.29, 1.82) is 0 Å². The molecule has 0 unspecified atom stereocenters. The molecule has 0 saturated carbocycles. The lowest BCUT2D eigenvalue weighted by Crippen LogP contribution is -2.55. The smallest absolute Gasteiger partial charge is 0.220 e. The number of rotatable bonds is 1. The van der Waals surface area contributed by atoms with Gasteiger partial charge in [-0.25, -0.2) is 4.39 Å². The molecular weight excluding hydrogens is 231 g/mol. The molecule has 2 aliphatic rings. The summed E-state index contributed by atoms with van der Waals surface area (Å²) in [5.41, 5.74) is 0.755. The average Bonchev–Trinajstić information content (AvgIpc) is 2.72. The summed E-state index contributed by atoms with van der Waals surface area (Å²) in [6.07, 6.45) is 2.49. The minimum atomic E-state index is -0.219. The molecule has 1 amide bonds. The molecule has 2 heterocycles. The zero-order valence-electron chi connectivity index (χ0n) is 10.2. The fraction of sp³-hybridized carbons (Fsp3) is 0.500. The zero-order chi connectivity index (χ0) is 12.6. The summed E-state index contributed by atoms with van der Waals surface area (Å²) in [6.45, 7) is 1.57. The Morgan fingerprint density at radius 2 is 2.28 bits per heavy atom. The minimum absolute atomic E-state index is 0.117. The molecule has 3 rings (SSSR count). The van der Waals surface area contributed by atoms with Gasteiger partial charge in [0.25, 0.3) is 0 Å². The van der Waals surface area contributed by atoms with E-state index in [4.69, 9.17) is 0 Å². The van der Waals surface area contributed by atoms with Crippen LogP contribution in [0, 0.1) is 5.82 Å². The van der Waals surface area contributed by atoms with Gasteiger partial charge in [0.1, 0.15) is 5.82 Å². The van der Waals surface area contributed by atoms with E-state index < -0.39 is 0 Å². The number of amides is 1. The highest BCUT2D eigenvalue weighted by Gasteiger charge is 2.46. The third kappa shape index (κ3) is 1.90. The highest BCUT2D eigenvalue weighted by Crippen LogP contribution is 2.37. The quantitative estimate of drug-likeness (QED) is 0.791. The third-order valence-corrected chi connectivity index (χ3v) is 4.12. The third-order valence-electron chi connectivity index (χ3n) is 4.12. The molecule has 0 aromatic heterocycles. The van der Waals surface area contributed by atoms with Crippen LogP contribution in [-0.2, 0) is 4.79 Å². The summed E-state index contributed by atoms with van der Waals surface area (Å²) in [5.74, 6) is 0.0699. The first-order valence-electron chi connectivity index (χ1n) is 6.47. The molecule has 96 valence electrons. The van der Waals surface area contributed by atoms with Gasteiger partial charge in [-0.1, -0.05) is 12.1 Å². The molecule has 2 N–H and O–H groups in total. The number of hydrogen-bond acceptors (Lipinski definition) is 2. The first-order valence-corrected chi connectivity index (χ1v) is 6.47. The zero-order valence-corrected chi connectivity index (χ0v) is 10.2. The molecule has 18 heavy (non-hydrogen) atoms. The number of halogens is 1. The van der Waals surface area contributed by atoms with Gasteiger partial charge in [-0.3, -0.25) is 4.79 Å². The maximum atomic E-state index is 13.3. The molecule has 2 fully saturated rings. The second kappa shape index (κ2) is 4.35. The van der Waals surface area contributed by atoms with E-state index in [2.05, 4.69) is 10.6 Å². The molecule has 1 aromatic rings. The average molecular weight is 248 g/mol. The Morgan fingerprint density at radius 3 is 3.06 bits per heavy atom. The van der Waals surface area contributed by atoms with E-state index in [0.717, 1.165) is 31.5 Å². The Bertz CT molecular complexity index is 477. The first kappa shape index (κ1) is 11.7. The van der Waals surface area contributed by atoms with E-state index in [1.54, 1.807) is 12.1 Å². The Morgan fingerprint density at radius 1 is 1.39 bits per heavy atom. The van der Waals surface area contributed by atoms with Gasteiger partial charge in [0.2, 0.25) is 5.91 Å². The topological polar surface area (TPSA) is 41.1 Å². The van der Waals surface area contributed by atoms with Crippen molar-refractivity contribution in [3.63, 3.8) is 0 Å². The molecule has 1 aromatic carbocycles. The SMILES string of the molecule is O=C1CCC[C@]2(CNC[C@H]2c2cccc(F)c2)N1. The highest BCUT2D eigenvalue weighted by molar-refractivity contribution is 5.78. The Kier molecular flexibility index (Phi) is 2.82. The van der Waals surface area contributed by atoms with Crippen molar-refractivity contribution in [1.82, 2.24) is 10.6 Å². The van der Waals surface area contributed by atoms with Crippen molar-refractivity contribution >= 4 is 5.91 Å². The van der Waals surface area contributed by atoms with Crippen LogP contribution in [0.5, 0.6) is 0 Å². The van der Waals surface area contributed by atoms with Gasteiger partial charge in [0.15, 0.2) is 0 Å². The van der Waals surface area contributed by atoms with E-state index in [-0.39, 0.29) is 23.2 Å². The maximum Gasteiger partial charge on any atom is 0.220 e. The van der Waals surface area contributed by atoms with Gasteiger partial charge in [-0.15, -0.1) is 0 Å². The van der Waals surface area contributed by atoms with Crippen LogP contribution in [0.15, 0.2) is 24.3 Å². The molecule has 0 bridgehead atoms. The molecule has 2 aliphatic heterocycles. The van der Waals surface area contributed by atoms with E-state index in [1.807, 2.05) is 6.07 Å². The molecule has 2 saturated heterocycles. The fourth-order valence-corrected chi connectivity index (χ4v) is 3.28. The Labute approximate surface area is 106 Å². The number of benzene rings is 1. The monoisotopic (exact) mass is 248 g/mol. The standard InChI is InChI=1S/C14H17FN2O/c15-11-4-1-3-10(7-11)12-8-16-9-14(12)6-2-5-13(18)17-14/h1,3-4,7,12,16H,2,5-6,8-9H2,(H,17,18)/t12-,14+/m0/s1. The fourth-order valence-electron chi connectivity index (χ4n) is 3.28. The van der Waals surface area contributed by atoms with E-state index in [1.165, 1.54) is 6.07 Å². The number of hydrogen-bond donors (Lipinski definition) is 2. The van der Waals surface area contributed by atoms with Gasteiger partial charge in [-0.05, 0) is 30.5 Å². The predicted octanol–water partition coefficient (Wildman–Crippen LogP) is 1.55. The molecular formula is C14H17FN2O. The van der Waals surface area contributed by atoms with Gasteiger partial charge < -0.3 is 10.6 Å². The molecule has 3 nitrogen and oxygen atoms in total.